The third-order valence-electron chi connectivity index (χ3n) is 2.96. The Labute approximate surface area is 103 Å². The van der Waals surface area contributed by atoms with E-state index in [1.54, 1.807) is 25.1 Å². The van der Waals surface area contributed by atoms with Crippen molar-refractivity contribution in [3.05, 3.63) is 29.8 Å². The summed E-state index contributed by atoms with van der Waals surface area (Å²) in [5.74, 6) is 0.113. The summed E-state index contributed by atoms with van der Waals surface area (Å²) < 4.78 is 23.8. The predicted molar refractivity (Wildman–Crippen MR) is 71.3 cm³/mol. The Balaban J connectivity index is 3.06. The first kappa shape index (κ1) is 14.0. The van der Waals surface area contributed by atoms with Crippen LogP contribution in [-0.2, 0) is 9.84 Å². The van der Waals surface area contributed by atoms with Crippen molar-refractivity contribution < 1.29 is 8.42 Å². The van der Waals surface area contributed by atoms with Gasteiger partial charge in [-0.25, -0.2) is 8.42 Å². The van der Waals surface area contributed by atoms with Gasteiger partial charge < -0.3 is 11.5 Å². The maximum Gasteiger partial charge on any atom is 0.154 e. The first-order valence-electron chi connectivity index (χ1n) is 5.75. The van der Waals surface area contributed by atoms with Crippen LogP contribution in [0, 0.1) is 0 Å². The van der Waals surface area contributed by atoms with Gasteiger partial charge in [0.15, 0.2) is 9.84 Å². The molecule has 4 nitrogen and oxygen atoms in total. The average molecular weight is 256 g/mol. The standard InChI is InChI=1S/C12H20N2O2S/c1-3-11(17(15,16)4-2)12(14)9-6-5-7-10(13)8-9/h5-8,11-12H,3-4,13-14H2,1-2H3/t11-,12+/m0/s1. The van der Waals surface area contributed by atoms with E-state index in [1.165, 1.54) is 0 Å². The largest absolute Gasteiger partial charge is 0.399 e. The molecule has 0 aliphatic rings. The molecule has 0 amide bonds. The van der Waals surface area contributed by atoms with Crippen LogP contribution < -0.4 is 11.5 Å². The van der Waals surface area contributed by atoms with E-state index in [1.807, 2.05) is 13.0 Å². The van der Waals surface area contributed by atoms with Gasteiger partial charge in [-0.15, -0.1) is 0 Å². The van der Waals surface area contributed by atoms with Crippen LogP contribution >= 0.6 is 0 Å². The Bertz CT molecular complexity index is 471. The highest BCUT2D eigenvalue weighted by atomic mass is 32.2. The molecule has 96 valence electrons. The number of anilines is 1. The summed E-state index contributed by atoms with van der Waals surface area (Å²) in [6.45, 7) is 3.48. The fourth-order valence-corrected chi connectivity index (χ4v) is 3.47. The molecular formula is C12H20N2O2S. The van der Waals surface area contributed by atoms with E-state index in [-0.39, 0.29) is 5.75 Å². The Morgan fingerprint density at radius 2 is 1.94 bits per heavy atom. The van der Waals surface area contributed by atoms with Crippen molar-refractivity contribution >= 4 is 15.5 Å². The highest BCUT2D eigenvalue weighted by molar-refractivity contribution is 7.92. The van der Waals surface area contributed by atoms with Gasteiger partial charge in [-0.1, -0.05) is 26.0 Å². The number of benzene rings is 1. The molecule has 1 aromatic rings. The van der Waals surface area contributed by atoms with Crippen molar-refractivity contribution in [2.45, 2.75) is 31.6 Å². The fraction of sp³-hybridized carbons (Fsp3) is 0.500. The molecule has 1 aromatic carbocycles. The van der Waals surface area contributed by atoms with Crippen LogP contribution in [0.5, 0.6) is 0 Å². The van der Waals surface area contributed by atoms with Crippen LogP contribution in [0.3, 0.4) is 0 Å². The molecule has 0 saturated carbocycles. The SMILES string of the molecule is CC[C@@H]([C@H](N)c1cccc(N)c1)S(=O)(=O)CC. The van der Waals surface area contributed by atoms with E-state index in [0.29, 0.717) is 12.1 Å². The topological polar surface area (TPSA) is 86.2 Å². The van der Waals surface area contributed by atoms with Crippen LogP contribution in [0.15, 0.2) is 24.3 Å². The van der Waals surface area contributed by atoms with Crippen molar-refractivity contribution in [3.63, 3.8) is 0 Å². The molecule has 1 rings (SSSR count). The molecule has 2 atom stereocenters. The number of nitrogens with two attached hydrogens (primary N) is 2. The van der Waals surface area contributed by atoms with Crippen molar-refractivity contribution in [3.8, 4) is 0 Å². The summed E-state index contributed by atoms with van der Waals surface area (Å²) in [5, 5.41) is -0.547. The summed E-state index contributed by atoms with van der Waals surface area (Å²) in [7, 11) is -3.14. The van der Waals surface area contributed by atoms with E-state index < -0.39 is 21.1 Å². The number of hydrogen-bond donors (Lipinski definition) is 2. The van der Waals surface area contributed by atoms with Crippen LogP contribution in [0.4, 0.5) is 5.69 Å². The molecule has 0 spiro atoms. The normalized spacial score (nSPS) is 15.5. The zero-order valence-corrected chi connectivity index (χ0v) is 11.1. The lowest BCUT2D eigenvalue weighted by molar-refractivity contribution is 0.549. The van der Waals surface area contributed by atoms with Gasteiger partial charge in [0.1, 0.15) is 0 Å². The summed E-state index contributed by atoms with van der Waals surface area (Å²) in [4.78, 5) is 0. The highest BCUT2D eigenvalue weighted by Gasteiger charge is 2.29. The molecule has 0 radical (unpaired) electrons. The molecule has 17 heavy (non-hydrogen) atoms. The molecule has 0 heterocycles. The predicted octanol–water partition coefficient (Wildman–Crippen LogP) is 1.48. The molecule has 4 N–H and O–H groups in total. The van der Waals surface area contributed by atoms with Crippen molar-refractivity contribution in [2.24, 2.45) is 5.73 Å². The molecule has 0 saturated heterocycles. The van der Waals surface area contributed by atoms with Gasteiger partial charge in [-0.3, -0.25) is 0 Å². The van der Waals surface area contributed by atoms with E-state index in [9.17, 15) is 8.42 Å². The third-order valence-corrected chi connectivity index (χ3v) is 5.32. The molecule has 0 bridgehead atoms. The van der Waals surface area contributed by atoms with Crippen LogP contribution in [0.25, 0.3) is 0 Å². The molecule has 0 unspecified atom stereocenters. The number of rotatable bonds is 5. The minimum atomic E-state index is -3.14. The summed E-state index contributed by atoms with van der Waals surface area (Å²) in [6, 6.07) is 6.57. The van der Waals surface area contributed by atoms with Crippen molar-refractivity contribution in [2.75, 3.05) is 11.5 Å². The smallest absolute Gasteiger partial charge is 0.154 e. The average Bonchev–Trinajstić information content (AvgIpc) is 2.29. The summed E-state index contributed by atoms with van der Waals surface area (Å²) >= 11 is 0. The number of sulfone groups is 1. The first-order valence-corrected chi connectivity index (χ1v) is 7.46. The molecule has 5 heteroatoms. The lowest BCUT2D eigenvalue weighted by Gasteiger charge is -2.22. The van der Waals surface area contributed by atoms with E-state index in [0.717, 1.165) is 5.56 Å². The highest BCUT2D eigenvalue weighted by Crippen LogP contribution is 2.24. The Morgan fingerprint density at radius 3 is 2.41 bits per heavy atom. The summed E-state index contributed by atoms with van der Waals surface area (Å²) in [5.41, 5.74) is 13.1. The van der Waals surface area contributed by atoms with Crippen molar-refractivity contribution in [1.29, 1.82) is 0 Å². The first-order chi connectivity index (χ1) is 7.92. The van der Waals surface area contributed by atoms with Gasteiger partial charge in [0.25, 0.3) is 0 Å². The Kier molecular flexibility index (Phi) is 4.54. The maximum absolute atomic E-state index is 11.9. The zero-order valence-electron chi connectivity index (χ0n) is 10.3. The fourth-order valence-electron chi connectivity index (χ4n) is 1.93. The van der Waals surface area contributed by atoms with E-state index in [2.05, 4.69) is 0 Å². The second-order valence-corrected chi connectivity index (χ2v) is 6.60. The lowest BCUT2D eigenvalue weighted by atomic mass is 10.0. The van der Waals surface area contributed by atoms with E-state index in [4.69, 9.17) is 11.5 Å². The lowest BCUT2D eigenvalue weighted by Crippen LogP contribution is -2.34. The number of hydrogen-bond acceptors (Lipinski definition) is 4. The van der Waals surface area contributed by atoms with E-state index >= 15 is 0 Å². The van der Waals surface area contributed by atoms with Gasteiger partial charge in [0, 0.05) is 17.5 Å². The molecule has 0 aromatic heterocycles. The summed E-state index contributed by atoms with van der Waals surface area (Å²) in [6.07, 6.45) is 0.506. The number of nitrogen functional groups attached to an aromatic ring is 1. The Hall–Kier alpha value is -1.07. The molecular weight excluding hydrogens is 236 g/mol. The van der Waals surface area contributed by atoms with Gasteiger partial charge in [0.2, 0.25) is 0 Å². The Morgan fingerprint density at radius 1 is 1.29 bits per heavy atom. The van der Waals surface area contributed by atoms with Crippen LogP contribution in [-0.4, -0.2) is 19.4 Å². The van der Waals surface area contributed by atoms with Crippen LogP contribution in [0.2, 0.25) is 0 Å². The molecule has 0 aliphatic carbocycles. The van der Waals surface area contributed by atoms with Gasteiger partial charge >= 0.3 is 0 Å². The quantitative estimate of drug-likeness (QED) is 0.781. The van der Waals surface area contributed by atoms with Crippen LogP contribution in [0.1, 0.15) is 31.9 Å². The van der Waals surface area contributed by atoms with Crippen molar-refractivity contribution in [1.82, 2.24) is 0 Å². The zero-order chi connectivity index (χ0) is 13.1. The van der Waals surface area contributed by atoms with Gasteiger partial charge in [-0.05, 0) is 24.1 Å². The monoisotopic (exact) mass is 256 g/mol. The minimum Gasteiger partial charge on any atom is -0.399 e. The minimum absolute atomic E-state index is 0.113. The molecule has 0 aliphatic heterocycles. The molecule has 0 fully saturated rings. The van der Waals surface area contributed by atoms with Gasteiger partial charge in [0.05, 0.1) is 5.25 Å². The maximum atomic E-state index is 11.9. The second-order valence-electron chi connectivity index (χ2n) is 4.09. The second kappa shape index (κ2) is 5.51. The van der Waals surface area contributed by atoms with Gasteiger partial charge in [-0.2, -0.15) is 0 Å². The third kappa shape index (κ3) is 3.20.